The van der Waals surface area contributed by atoms with Crippen LogP contribution in [0.15, 0.2) is 18.2 Å². The molecule has 1 aromatic carbocycles. The van der Waals surface area contributed by atoms with Crippen molar-refractivity contribution in [1.82, 2.24) is 5.32 Å². The second-order valence-corrected chi connectivity index (χ2v) is 5.63. The molecule has 7 heteroatoms. The van der Waals surface area contributed by atoms with Crippen molar-refractivity contribution in [2.24, 2.45) is 0 Å². The summed E-state index contributed by atoms with van der Waals surface area (Å²) >= 11 is 0. The van der Waals surface area contributed by atoms with E-state index in [1.54, 1.807) is 18.2 Å². The molecule has 1 saturated heterocycles. The van der Waals surface area contributed by atoms with E-state index in [0.29, 0.717) is 5.69 Å². The first-order valence-electron chi connectivity index (χ1n) is 7.69. The summed E-state index contributed by atoms with van der Waals surface area (Å²) in [6, 6.07) is 4.87. The Morgan fingerprint density at radius 1 is 1.46 bits per heavy atom. The third-order valence-electron chi connectivity index (χ3n) is 4.08. The van der Waals surface area contributed by atoms with Crippen molar-refractivity contribution in [3.05, 3.63) is 23.8 Å². The van der Waals surface area contributed by atoms with Crippen LogP contribution in [0.1, 0.15) is 23.2 Å². The number of terminal acetylenes is 1. The minimum absolute atomic E-state index is 0.0563. The number of carbonyl (C=O) groups excluding carboxylic acids is 3. The lowest BCUT2D eigenvalue weighted by Gasteiger charge is -2.33. The Hall–Kier alpha value is -3.01. The Morgan fingerprint density at radius 3 is 3.08 bits per heavy atom. The molecule has 1 atom stereocenters. The van der Waals surface area contributed by atoms with Crippen molar-refractivity contribution in [1.29, 1.82) is 0 Å². The minimum Gasteiger partial charge on any atom is -0.452 e. The van der Waals surface area contributed by atoms with Gasteiger partial charge in [0.15, 0.2) is 6.61 Å². The van der Waals surface area contributed by atoms with Crippen LogP contribution in [0.2, 0.25) is 0 Å². The number of ether oxygens (including phenoxy) is 1. The summed E-state index contributed by atoms with van der Waals surface area (Å²) in [7, 11) is 0. The van der Waals surface area contributed by atoms with E-state index in [1.807, 2.05) is 0 Å². The molecule has 124 valence electrons. The molecule has 2 N–H and O–H groups in total. The summed E-state index contributed by atoms with van der Waals surface area (Å²) in [6.45, 7) is 0.501. The van der Waals surface area contributed by atoms with Crippen LogP contribution in [0, 0.1) is 12.3 Å². The molecule has 24 heavy (non-hydrogen) atoms. The quantitative estimate of drug-likeness (QED) is 0.622. The Morgan fingerprint density at radius 2 is 2.29 bits per heavy atom. The van der Waals surface area contributed by atoms with Crippen LogP contribution < -0.4 is 15.5 Å². The molecule has 0 spiro atoms. The lowest BCUT2D eigenvalue weighted by atomic mass is 10.1. The standard InChI is InChI=1S/C17H17N3O4/c1-2-7-18-15(21)10-24-17(23)11-5-6-13-12(9-11)19-16(22)14-4-3-8-20(13)14/h1,5-6,9,14H,3-4,7-8,10H2,(H,18,21)(H,19,22)/t14-/m0/s1. The molecule has 7 nitrogen and oxygen atoms in total. The molecule has 2 amide bonds. The van der Waals surface area contributed by atoms with Gasteiger partial charge in [0.2, 0.25) is 5.91 Å². The Balaban J connectivity index is 1.69. The average molecular weight is 327 g/mol. The molecule has 2 aliphatic heterocycles. The predicted octanol–water partition coefficient (Wildman–Crippen LogP) is 0.514. The zero-order chi connectivity index (χ0) is 17.1. The van der Waals surface area contributed by atoms with Crippen molar-refractivity contribution < 1.29 is 19.1 Å². The van der Waals surface area contributed by atoms with Crippen LogP contribution in [-0.4, -0.2) is 43.5 Å². The SMILES string of the molecule is C#CCNC(=O)COC(=O)c1ccc2c(c1)NC(=O)[C@@H]1CCCN21. The largest absolute Gasteiger partial charge is 0.452 e. The first kappa shape index (κ1) is 15.9. The van der Waals surface area contributed by atoms with Crippen molar-refractivity contribution >= 4 is 29.2 Å². The van der Waals surface area contributed by atoms with Gasteiger partial charge in [-0.05, 0) is 31.0 Å². The normalized spacial score (nSPS) is 18.0. The van der Waals surface area contributed by atoms with Crippen LogP contribution in [0.25, 0.3) is 0 Å². The summed E-state index contributed by atoms with van der Waals surface area (Å²) in [5, 5.41) is 5.23. The van der Waals surface area contributed by atoms with Crippen molar-refractivity contribution in [2.75, 3.05) is 29.9 Å². The molecule has 0 aromatic heterocycles. The number of anilines is 2. The van der Waals surface area contributed by atoms with E-state index in [0.717, 1.165) is 25.1 Å². The first-order valence-corrected chi connectivity index (χ1v) is 7.69. The van der Waals surface area contributed by atoms with Gasteiger partial charge < -0.3 is 20.3 Å². The fourth-order valence-electron chi connectivity index (χ4n) is 2.97. The van der Waals surface area contributed by atoms with E-state index in [1.165, 1.54) is 0 Å². The molecule has 2 aliphatic rings. The monoisotopic (exact) mass is 327 g/mol. The van der Waals surface area contributed by atoms with Gasteiger partial charge in [0.05, 0.1) is 23.5 Å². The number of benzene rings is 1. The highest BCUT2D eigenvalue weighted by Gasteiger charge is 2.36. The van der Waals surface area contributed by atoms with Crippen LogP contribution in [0.3, 0.4) is 0 Å². The molecular weight excluding hydrogens is 310 g/mol. The maximum Gasteiger partial charge on any atom is 0.338 e. The van der Waals surface area contributed by atoms with Gasteiger partial charge >= 0.3 is 5.97 Å². The summed E-state index contributed by atoms with van der Waals surface area (Å²) < 4.78 is 4.95. The van der Waals surface area contributed by atoms with Gasteiger partial charge in [0, 0.05) is 6.54 Å². The minimum atomic E-state index is -0.633. The second kappa shape index (κ2) is 6.62. The Bertz CT molecular complexity index is 738. The summed E-state index contributed by atoms with van der Waals surface area (Å²) in [6.07, 6.45) is 6.83. The number of hydrogen-bond acceptors (Lipinski definition) is 5. The number of rotatable bonds is 4. The number of nitrogens with zero attached hydrogens (tertiary/aromatic N) is 1. The highest BCUT2D eigenvalue weighted by molar-refractivity contribution is 6.05. The van der Waals surface area contributed by atoms with E-state index in [9.17, 15) is 14.4 Å². The van der Waals surface area contributed by atoms with Gasteiger partial charge in [-0.2, -0.15) is 0 Å². The number of carbonyl (C=O) groups is 3. The lowest BCUT2D eigenvalue weighted by Crippen LogP contribution is -2.43. The molecule has 0 radical (unpaired) electrons. The van der Waals surface area contributed by atoms with Crippen molar-refractivity contribution in [2.45, 2.75) is 18.9 Å². The summed E-state index contributed by atoms with van der Waals surface area (Å²) in [5.41, 5.74) is 1.77. The number of amides is 2. The maximum atomic E-state index is 12.1. The molecule has 1 fully saturated rings. The maximum absolute atomic E-state index is 12.1. The van der Waals surface area contributed by atoms with Crippen LogP contribution in [0.4, 0.5) is 11.4 Å². The smallest absolute Gasteiger partial charge is 0.338 e. The van der Waals surface area contributed by atoms with Crippen LogP contribution in [-0.2, 0) is 14.3 Å². The highest BCUT2D eigenvalue weighted by atomic mass is 16.5. The van der Waals surface area contributed by atoms with E-state index in [4.69, 9.17) is 11.2 Å². The summed E-state index contributed by atoms with van der Waals surface area (Å²) in [4.78, 5) is 37.6. The summed E-state index contributed by atoms with van der Waals surface area (Å²) in [5.74, 6) is 1.10. The zero-order valence-corrected chi connectivity index (χ0v) is 13.0. The number of hydrogen-bond donors (Lipinski definition) is 2. The lowest BCUT2D eigenvalue weighted by molar-refractivity contribution is -0.124. The molecule has 0 bridgehead atoms. The highest BCUT2D eigenvalue weighted by Crippen LogP contribution is 2.37. The van der Waals surface area contributed by atoms with E-state index in [-0.39, 0.29) is 24.1 Å². The van der Waals surface area contributed by atoms with Gasteiger partial charge in [-0.15, -0.1) is 6.42 Å². The average Bonchev–Trinajstić information content (AvgIpc) is 3.08. The van der Waals surface area contributed by atoms with E-state index < -0.39 is 18.5 Å². The van der Waals surface area contributed by atoms with Gasteiger partial charge in [0.25, 0.3) is 5.91 Å². The topological polar surface area (TPSA) is 87.7 Å². The zero-order valence-electron chi connectivity index (χ0n) is 13.0. The Kier molecular flexibility index (Phi) is 4.38. The van der Waals surface area contributed by atoms with Crippen LogP contribution in [0.5, 0.6) is 0 Å². The predicted molar refractivity (Wildman–Crippen MR) is 87.6 cm³/mol. The molecule has 3 rings (SSSR count). The third-order valence-corrected chi connectivity index (χ3v) is 4.08. The number of fused-ring (bicyclic) bond motifs is 3. The molecule has 0 aliphatic carbocycles. The van der Waals surface area contributed by atoms with E-state index >= 15 is 0 Å². The van der Waals surface area contributed by atoms with Crippen molar-refractivity contribution in [3.8, 4) is 12.3 Å². The number of esters is 1. The fraction of sp³-hybridized carbons (Fsp3) is 0.353. The number of nitrogens with one attached hydrogen (secondary N) is 2. The molecule has 0 unspecified atom stereocenters. The second-order valence-electron chi connectivity index (χ2n) is 5.63. The van der Waals surface area contributed by atoms with Gasteiger partial charge in [-0.3, -0.25) is 9.59 Å². The van der Waals surface area contributed by atoms with Gasteiger partial charge in [-0.1, -0.05) is 5.92 Å². The molecule has 1 aromatic rings. The molecule has 2 heterocycles. The van der Waals surface area contributed by atoms with Gasteiger partial charge in [-0.25, -0.2) is 4.79 Å². The Labute approximate surface area is 139 Å². The van der Waals surface area contributed by atoms with Crippen molar-refractivity contribution in [3.63, 3.8) is 0 Å². The molecular formula is C17H17N3O4. The fourth-order valence-corrected chi connectivity index (χ4v) is 2.97. The van der Waals surface area contributed by atoms with E-state index in [2.05, 4.69) is 21.5 Å². The first-order chi connectivity index (χ1) is 11.6. The third kappa shape index (κ3) is 3.04. The molecule has 0 saturated carbocycles. The van der Waals surface area contributed by atoms with Crippen LogP contribution >= 0.6 is 0 Å². The van der Waals surface area contributed by atoms with Gasteiger partial charge in [0.1, 0.15) is 6.04 Å².